The van der Waals surface area contributed by atoms with E-state index >= 15 is 0 Å². The average molecular weight is 820 g/mol. The van der Waals surface area contributed by atoms with Crippen LogP contribution in [0.3, 0.4) is 0 Å². The van der Waals surface area contributed by atoms with Crippen molar-refractivity contribution < 1.29 is 4.42 Å². The fourth-order valence-corrected chi connectivity index (χ4v) is 9.83. The third-order valence-corrected chi connectivity index (χ3v) is 12.9. The van der Waals surface area contributed by atoms with Crippen LogP contribution in [0, 0.1) is 0 Å². The van der Waals surface area contributed by atoms with Crippen LogP contribution in [0.15, 0.2) is 217 Å². The highest BCUT2D eigenvalue weighted by atomic mass is 16.3. The monoisotopic (exact) mass is 819 g/mol. The molecule has 0 aliphatic heterocycles. The smallest absolute Gasteiger partial charge is 0.164 e. The van der Waals surface area contributed by atoms with Crippen LogP contribution in [-0.4, -0.2) is 15.0 Å². The Morgan fingerprint density at radius 2 is 0.844 bits per heavy atom. The quantitative estimate of drug-likeness (QED) is 0.161. The zero-order chi connectivity index (χ0) is 42.8. The zero-order valence-electron chi connectivity index (χ0n) is 35.5. The molecule has 0 N–H and O–H groups in total. The molecule has 0 unspecified atom stereocenters. The molecule has 0 saturated heterocycles. The van der Waals surface area contributed by atoms with E-state index in [1.54, 1.807) is 0 Å². The first-order chi connectivity index (χ1) is 31.5. The Labute approximate surface area is 372 Å². The topological polar surface area (TPSA) is 51.8 Å². The molecule has 0 bridgehead atoms. The van der Waals surface area contributed by atoms with Crippen LogP contribution in [0.5, 0.6) is 0 Å². The molecule has 64 heavy (non-hydrogen) atoms. The van der Waals surface area contributed by atoms with Gasteiger partial charge in [-0.3, -0.25) is 0 Å². The van der Waals surface area contributed by atoms with Gasteiger partial charge in [0.1, 0.15) is 11.2 Å². The maximum Gasteiger partial charge on any atom is 0.164 e. The van der Waals surface area contributed by atoms with Crippen molar-refractivity contribution in [1.29, 1.82) is 0 Å². The molecule has 9 aromatic carbocycles. The van der Waals surface area contributed by atoms with Crippen molar-refractivity contribution in [2.24, 2.45) is 0 Å². The lowest BCUT2D eigenvalue weighted by Crippen LogP contribution is -2.14. The Morgan fingerprint density at radius 3 is 1.61 bits per heavy atom. The van der Waals surface area contributed by atoms with Crippen molar-refractivity contribution in [3.05, 3.63) is 223 Å². The molecule has 0 amide bonds. The molecule has 4 nitrogen and oxygen atoms in total. The lowest BCUT2D eigenvalue weighted by atomic mass is 9.81. The number of benzene rings is 9. The number of nitrogens with zero attached hydrogens (tertiary/aromatic N) is 3. The van der Waals surface area contributed by atoms with E-state index < -0.39 is 0 Å². The third-order valence-electron chi connectivity index (χ3n) is 12.9. The van der Waals surface area contributed by atoms with E-state index in [-0.39, 0.29) is 5.41 Å². The van der Waals surface area contributed by atoms with Gasteiger partial charge in [0.15, 0.2) is 17.5 Å². The summed E-state index contributed by atoms with van der Waals surface area (Å²) in [4.78, 5) is 15.6. The van der Waals surface area contributed by atoms with Crippen LogP contribution in [0.4, 0.5) is 0 Å². The summed E-state index contributed by atoms with van der Waals surface area (Å²) in [6.45, 7) is 4.68. The van der Waals surface area contributed by atoms with Crippen molar-refractivity contribution in [2.45, 2.75) is 19.3 Å². The molecular formula is C60H41N3O. The molecule has 0 fully saturated rings. The van der Waals surface area contributed by atoms with Crippen molar-refractivity contribution in [3.8, 4) is 89.8 Å². The number of hydrogen-bond acceptors (Lipinski definition) is 4. The number of furan rings is 1. The largest absolute Gasteiger partial charge is 0.456 e. The highest BCUT2D eigenvalue weighted by molar-refractivity contribution is 6.12. The summed E-state index contributed by atoms with van der Waals surface area (Å²) in [5.41, 5.74) is 18.7. The summed E-state index contributed by atoms with van der Waals surface area (Å²) in [6, 6.07) is 75.3. The molecule has 0 radical (unpaired) electrons. The van der Waals surface area contributed by atoms with Crippen molar-refractivity contribution in [2.75, 3.05) is 0 Å². The van der Waals surface area contributed by atoms with E-state index in [0.717, 1.165) is 66.4 Å². The van der Waals surface area contributed by atoms with Gasteiger partial charge in [-0.05, 0) is 103 Å². The Morgan fingerprint density at radius 1 is 0.328 bits per heavy atom. The van der Waals surface area contributed by atoms with Crippen molar-refractivity contribution >= 4 is 21.9 Å². The van der Waals surface area contributed by atoms with Crippen molar-refractivity contribution in [3.63, 3.8) is 0 Å². The second-order valence-electron chi connectivity index (χ2n) is 17.1. The minimum Gasteiger partial charge on any atom is -0.456 e. The Balaban J connectivity index is 1.09. The molecule has 4 heteroatoms. The van der Waals surface area contributed by atoms with E-state index in [9.17, 15) is 0 Å². The van der Waals surface area contributed by atoms with E-state index in [0.29, 0.717) is 17.5 Å². The van der Waals surface area contributed by atoms with Gasteiger partial charge in [-0.25, -0.2) is 15.0 Å². The molecule has 0 saturated carbocycles. The van der Waals surface area contributed by atoms with E-state index in [4.69, 9.17) is 19.4 Å². The zero-order valence-corrected chi connectivity index (χ0v) is 35.5. The first-order valence-corrected chi connectivity index (χ1v) is 21.8. The molecule has 11 aromatic rings. The minimum absolute atomic E-state index is 0.0850. The molecule has 302 valence electrons. The first-order valence-electron chi connectivity index (χ1n) is 21.8. The maximum absolute atomic E-state index is 6.32. The van der Waals surface area contributed by atoms with Crippen molar-refractivity contribution in [1.82, 2.24) is 15.0 Å². The van der Waals surface area contributed by atoms with Crippen LogP contribution in [-0.2, 0) is 5.41 Å². The van der Waals surface area contributed by atoms with E-state index in [2.05, 4.69) is 178 Å². The number of para-hydroxylation sites is 1. The van der Waals surface area contributed by atoms with Gasteiger partial charge in [-0.15, -0.1) is 0 Å². The highest BCUT2D eigenvalue weighted by Gasteiger charge is 2.35. The van der Waals surface area contributed by atoms with E-state index in [1.807, 2.05) is 48.5 Å². The standard InChI is InChI=1S/C60H41N3O/c1-60(2)51-29-14-12-26-45(51)50-35-42(32-33-52(50)60)49-37-44(38-18-6-3-7-19-38)36-48(55(49)39-20-8-4-9-21-39)41-24-16-25-43(34-41)58-61-57(40-22-10-5-11-23-40)62-59(63-58)47-28-17-31-54-56(47)46-27-13-15-30-53(46)64-54/h3-37H,1-2H3. The van der Waals surface area contributed by atoms with Crippen LogP contribution >= 0.6 is 0 Å². The molecule has 0 atom stereocenters. The Bertz CT molecular complexity index is 3570. The third kappa shape index (κ3) is 6.26. The molecule has 1 aliphatic rings. The van der Waals surface area contributed by atoms with Crippen LogP contribution in [0.1, 0.15) is 25.0 Å². The summed E-state index contributed by atoms with van der Waals surface area (Å²) in [7, 11) is 0. The average Bonchev–Trinajstić information content (AvgIpc) is 3.86. The first kappa shape index (κ1) is 37.5. The summed E-state index contributed by atoms with van der Waals surface area (Å²) >= 11 is 0. The summed E-state index contributed by atoms with van der Waals surface area (Å²) in [5, 5.41) is 2.01. The summed E-state index contributed by atoms with van der Waals surface area (Å²) in [6.07, 6.45) is 0. The number of aromatic nitrogens is 3. The van der Waals surface area contributed by atoms with Gasteiger partial charge in [-0.2, -0.15) is 0 Å². The lowest BCUT2D eigenvalue weighted by molar-refractivity contribution is 0.660. The van der Waals surface area contributed by atoms with Crippen LogP contribution in [0.25, 0.3) is 112 Å². The summed E-state index contributed by atoms with van der Waals surface area (Å²) < 4.78 is 6.32. The number of fused-ring (bicyclic) bond motifs is 6. The molecular weight excluding hydrogens is 779 g/mol. The second kappa shape index (κ2) is 15.0. The number of rotatable bonds is 7. The SMILES string of the molecule is CC1(C)c2ccccc2-c2cc(-c3cc(-c4ccccc4)cc(-c4cccc(-c5nc(-c6ccccc6)nc(-c6cccc7oc8ccccc8c67)n5)c4)c3-c3ccccc3)ccc21. The Kier molecular flexibility index (Phi) is 8.80. The second-order valence-corrected chi connectivity index (χ2v) is 17.1. The molecule has 0 spiro atoms. The molecule has 2 heterocycles. The van der Waals surface area contributed by atoms with Gasteiger partial charge in [0.25, 0.3) is 0 Å². The van der Waals surface area contributed by atoms with Gasteiger partial charge in [0.05, 0.1) is 0 Å². The van der Waals surface area contributed by atoms with Gasteiger partial charge in [0.2, 0.25) is 0 Å². The van der Waals surface area contributed by atoms with Gasteiger partial charge >= 0.3 is 0 Å². The van der Waals surface area contributed by atoms with Crippen LogP contribution < -0.4 is 0 Å². The molecule has 2 aromatic heterocycles. The highest BCUT2D eigenvalue weighted by Crippen LogP contribution is 2.51. The molecule has 1 aliphatic carbocycles. The van der Waals surface area contributed by atoms with Crippen LogP contribution in [0.2, 0.25) is 0 Å². The molecule has 12 rings (SSSR count). The maximum atomic E-state index is 6.32. The summed E-state index contributed by atoms with van der Waals surface area (Å²) in [5.74, 6) is 1.79. The fourth-order valence-electron chi connectivity index (χ4n) is 9.83. The normalized spacial score (nSPS) is 12.7. The van der Waals surface area contributed by atoms with Gasteiger partial charge < -0.3 is 4.42 Å². The fraction of sp³-hybridized carbons (Fsp3) is 0.0500. The van der Waals surface area contributed by atoms with Gasteiger partial charge in [-0.1, -0.05) is 190 Å². The predicted octanol–water partition coefficient (Wildman–Crippen LogP) is 15.7. The lowest BCUT2D eigenvalue weighted by Gasteiger charge is -2.22. The Hall–Kier alpha value is -8.21. The van der Waals surface area contributed by atoms with Gasteiger partial charge in [0, 0.05) is 32.9 Å². The van der Waals surface area contributed by atoms with E-state index in [1.165, 1.54) is 38.9 Å². The minimum atomic E-state index is -0.0850. The predicted molar refractivity (Wildman–Crippen MR) is 263 cm³/mol. The number of hydrogen-bond donors (Lipinski definition) is 0.